The average Bonchev–Trinajstić information content (AvgIpc) is 2.44. The normalized spacial score (nSPS) is 69.2. The third-order valence-corrected chi connectivity index (χ3v) is 9.15. The summed E-state index contributed by atoms with van der Waals surface area (Å²) in [5.74, 6) is 10.1. The highest BCUT2D eigenvalue weighted by Gasteiger charge is 2.71. The van der Waals surface area contributed by atoms with E-state index < -0.39 is 0 Å². The van der Waals surface area contributed by atoms with Crippen LogP contribution >= 0.6 is 0 Å². The fourth-order valence-electron chi connectivity index (χ4n) is 9.01. The highest BCUT2D eigenvalue weighted by atomic mass is 15.0. The largest absolute Gasteiger partial charge is 0.311 e. The Morgan fingerprint density at radius 2 is 1.50 bits per heavy atom. The summed E-state index contributed by atoms with van der Waals surface area (Å²) in [7, 11) is 0. The van der Waals surface area contributed by atoms with E-state index >= 15 is 0 Å². The van der Waals surface area contributed by atoms with Crippen molar-refractivity contribution in [2.24, 2.45) is 53.3 Å². The zero-order valence-electron chi connectivity index (χ0n) is 12.9. The first-order valence-corrected chi connectivity index (χ1v) is 9.51. The second-order valence-corrected chi connectivity index (χ2v) is 9.65. The number of hydrogen-bond donors (Lipinski definition) is 1. The van der Waals surface area contributed by atoms with Gasteiger partial charge in [-0.15, -0.1) is 0 Å². The summed E-state index contributed by atoms with van der Waals surface area (Å²) < 4.78 is 0. The van der Waals surface area contributed by atoms with Gasteiger partial charge in [0, 0.05) is 5.54 Å². The van der Waals surface area contributed by atoms with Gasteiger partial charge in [-0.1, -0.05) is 6.92 Å². The molecule has 7 aliphatic carbocycles. The van der Waals surface area contributed by atoms with E-state index in [0.717, 1.165) is 35.5 Å². The molecule has 8 aliphatic rings. The van der Waals surface area contributed by atoms with E-state index in [9.17, 15) is 0 Å². The summed E-state index contributed by atoms with van der Waals surface area (Å²) in [6.45, 7) is 3.84. The molecule has 0 amide bonds. The quantitative estimate of drug-likeness (QED) is 0.708. The molecular formula is C19H29N. The van der Waals surface area contributed by atoms with Gasteiger partial charge in [0.2, 0.25) is 0 Å². The van der Waals surface area contributed by atoms with Crippen LogP contribution < -0.4 is 5.32 Å². The summed E-state index contributed by atoms with van der Waals surface area (Å²) >= 11 is 0. The van der Waals surface area contributed by atoms with Gasteiger partial charge in [-0.05, 0) is 105 Å². The lowest BCUT2D eigenvalue weighted by atomic mass is 9.31. The summed E-state index contributed by atoms with van der Waals surface area (Å²) in [5.41, 5.74) is 0.604. The fourth-order valence-corrected chi connectivity index (χ4v) is 9.01. The molecule has 1 aliphatic heterocycles. The molecule has 1 nitrogen and oxygen atoms in total. The minimum Gasteiger partial charge on any atom is -0.311 e. The van der Waals surface area contributed by atoms with Gasteiger partial charge in [-0.25, -0.2) is 0 Å². The van der Waals surface area contributed by atoms with E-state index in [1.54, 1.807) is 32.1 Å². The Bertz CT molecular complexity index is 435. The molecule has 20 heavy (non-hydrogen) atoms. The van der Waals surface area contributed by atoms with Gasteiger partial charge in [-0.3, -0.25) is 0 Å². The zero-order valence-corrected chi connectivity index (χ0v) is 12.9. The molecule has 0 aromatic carbocycles. The molecule has 1 saturated heterocycles. The van der Waals surface area contributed by atoms with E-state index in [1.807, 2.05) is 0 Å². The zero-order chi connectivity index (χ0) is 13.1. The van der Waals surface area contributed by atoms with Crippen molar-refractivity contribution < 1.29 is 0 Å². The van der Waals surface area contributed by atoms with E-state index in [1.165, 1.54) is 37.1 Å². The van der Waals surface area contributed by atoms with Gasteiger partial charge in [0.05, 0.1) is 0 Å². The van der Waals surface area contributed by atoms with Gasteiger partial charge in [0.25, 0.3) is 0 Å². The van der Waals surface area contributed by atoms with E-state index in [2.05, 4.69) is 12.2 Å². The molecule has 0 radical (unpaired) electrons. The van der Waals surface area contributed by atoms with Gasteiger partial charge >= 0.3 is 0 Å². The standard InChI is InChI=1S/C19H29N/c1-10-2-3-20-19(9-10)12-7-14-13-4-11-5-16(14)18(19)17(6-11)15(13)8-12/h10-18,20H,2-9H2,1H3. The highest BCUT2D eigenvalue weighted by Crippen LogP contribution is 2.74. The molecule has 7 saturated carbocycles. The Balaban J connectivity index is 1.49. The van der Waals surface area contributed by atoms with Crippen molar-refractivity contribution in [3.8, 4) is 0 Å². The lowest BCUT2D eigenvalue weighted by Crippen LogP contribution is -2.76. The molecule has 0 aromatic rings. The predicted molar refractivity (Wildman–Crippen MR) is 80.1 cm³/mol. The monoisotopic (exact) mass is 271 g/mol. The predicted octanol–water partition coefficient (Wildman–Crippen LogP) is 3.69. The summed E-state index contributed by atoms with van der Waals surface area (Å²) in [6.07, 6.45) is 11.1. The van der Waals surface area contributed by atoms with E-state index in [0.29, 0.717) is 5.54 Å². The van der Waals surface area contributed by atoms with Crippen LogP contribution in [-0.4, -0.2) is 12.1 Å². The molecule has 6 unspecified atom stereocenters. The van der Waals surface area contributed by atoms with Crippen LogP contribution in [0, 0.1) is 53.3 Å². The van der Waals surface area contributed by atoms with Crippen LogP contribution in [0.5, 0.6) is 0 Å². The number of rotatable bonds is 0. The molecule has 6 atom stereocenters. The fraction of sp³-hybridized carbons (Fsp3) is 1.00. The molecule has 1 heterocycles. The van der Waals surface area contributed by atoms with Crippen molar-refractivity contribution in [3.05, 3.63) is 0 Å². The van der Waals surface area contributed by atoms with Crippen molar-refractivity contribution in [1.82, 2.24) is 5.32 Å². The van der Waals surface area contributed by atoms with Crippen LogP contribution in [0.4, 0.5) is 0 Å². The second-order valence-electron chi connectivity index (χ2n) is 9.65. The molecule has 0 aromatic heterocycles. The van der Waals surface area contributed by atoms with Crippen LogP contribution in [0.1, 0.15) is 51.9 Å². The molecule has 8 fully saturated rings. The first-order valence-electron chi connectivity index (χ1n) is 9.51. The van der Waals surface area contributed by atoms with Crippen LogP contribution in [0.15, 0.2) is 0 Å². The first kappa shape index (κ1) is 11.5. The lowest BCUT2D eigenvalue weighted by Gasteiger charge is -2.76. The van der Waals surface area contributed by atoms with Gasteiger partial charge in [-0.2, -0.15) is 0 Å². The summed E-state index contributed by atoms with van der Waals surface area (Å²) in [5, 5.41) is 4.17. The molecule has 110 valence electrons. The maximum Gasteiger partial charge on any atom is 0.0246 e. The molecule has 8 rings (SSSR count). The first-order chi connectivity index (χ1) is 9.76. The van der Waals surface area contributed by atoms with Crippen molar-refractivity contribution >= 4 is 0 Å². The minimum absolute atomic E-state index is 0.604. The Labute approximate surface area is 123 Å². The van der Waals surface area contributed by atoms with Crippen LogP contribution in [0.25, 0.3) is 0 Å². The van der Waals surface area contributed by atoms with E-state index in [4.69, 9.17) is 0 Å². The van der Waals surface area contributed by atoms with Crippen LogP contribution in [0.2, 0.25) is 0 Å². The van der Waals surface area contributed by atoms with E-state index in [-0.39, 0.29) is 0 Å². The molecule has 8 bridgehead atoms. The van der Waals surface area contributed by atoms with Crippen LogP contribution in [-0.2, 0) is 0 Å². The van der Waals surface area contributed by atoms with Crippen molar-refractivity contribution in [2.45, 2.75) is 57.4 Å². The van der Waals surface area contributed by atoms with Crippen molar-refractivity contribution in [1.29, 1.82) is 0 Å². The maximum absolute atomic E-state index is 4.17. The molecule has 1 heteroatoms. The Morgan fingerprint density at radius 3 is 2.20 bits per heavy atom. The smallest absolute Gasteiger partial charge is 0.0246 e. The second kappa shape index (κ2) is 3.47. The highest BCUT2D eigenvalue weighted by molar-refractivity contribution is 5.22. The Kier molecular flexibility index (Phi) is 2.00. The summed E-state index contributed by atoms with van der Waals surface area (Å²) in [4.78, 5) is 0. The van der Waals surface area contributed by atoms with Gasteiger partial charge < -0.3 is 5.32 Å². The average molecular weight is 271 g/mol. The number of nitrogens with one attached hydrogen (secondary N) is 1. The SMILES string of the molecule is CC1CCNC2(C1)C1CC3C4CC5CC3C2C(C5)C4C1. The number of piperidine rings is 1. The van der Waals surface area contributed by atoms with Gasteiger partial charge in [0.1, 0.15) is 0 Å². The summed E-state index contributed by atoms with van der Waals surface area (Å²) in [6, 6.07) is 0. The molecule has 1 N–H and O–H groups in total. The maximum atomic E-state index is 4.17. The minimum atomic E-state index is 0.604. The van der Waals surface area contributed by atoms with Gasteiger partial charge in [0.15, 0.2) is 0 Å². The lowest BCUT2D eigenvalue weighted by molar-refractivity contribution is -0.250. The Hall–Kier alpha value is -0.0400. The van der Waals surface area contributed by atoms with Crippen molar-refractivity contribution in [2.75, 3.05) is 6.54 Å². The van der Waals surface area contributed by atoms with Crippen LogP contribution in [0.3, 0.4) is 0 Å². The topological polar surface area (TPSA) is 12.0 Å². The third-order valence-electron chi connectivity index (χ3n) is 9.15. The molecular weight excluding hydrogens is 242 g/mol. The molecule has 1 spiro atoms. The van der Waals surface area contributed by atoms with Crippen molar-refractivity contribution in [3.63, 3.8) is 0 Å². The third kappa shape index (κ3) is 1.12. The number of hydrogen-bond acceptors (Lipinski definition) is 1. The Morgan fingerprint density at radius 1 is 0.850 bits per heavy atom.